The number of aliphatic carboxylic acids is 1. The number of carboxylic acid groups (broad SMARTS) is 1. The molecule has 0 aliphatic carbocycles. The topological polar surface area (TPSA) is 69.2 Å². The number of carbonyl (C=O) groups excluding carboxylic acids is 2. The van der Waals surface area contributed by atoms with Crippen molar-refractivity contribution in [1.82, 2.24) is 5.32 Å². The van der Waals surface area contributed by atoms with Crippen molar-refractivity contribution >= 4 is 11.9 Å². The molecule has 1 N–H and O–H groups in total. The summed E-state index contributed by atoms with van der Waals surface area (Å²) in [4.78, 5) is 22.5. The van der Waals surface area contributed by atoms with Gasteiger partial charge in [-0.3, -0.25) is 4.79 Å². The standard InChI is InChI=1S/C15H16F3NO3/c1-2-3-4-13(20)19-12(14(21)22)9-10-5-7-11(8-6-10)15(16,17)18/h2,5-8,12H,1,3-4,9H2,(H,19,20)(H,21,22)/p-1. The molecule has 0 saturated carbocycles. The maximum Gasteiger partial charge on any atom is 0.416 e. The fourth-order valence-corrected chi connectivity index (χ4v) is 1.76. The van der Waals surface area contributed by atoms with Gasteiger partial charge in [0, 0.05) is 6.42 Å². The molecule has 1 aromatic rings. The summed E-state index contributed by atoms with van der Waals surface area (Å²) in [6.07, 6.45) is -2.61. The zero-order valence-electron chi connectivity index (χ0n) is 11.7. The van der Waals surface area contributed by atoms with E-state index in [-0.39, 0.29) is 12.8 Å². The van der Waals surface area contributed by atoms with Gasteiger partial charge in [-0.1, -0.05) is 18.2 Å². The normalized spacial score (nSPS) is 12.5. The summed E-state index contributed by atoms with van der Waals surface area (Å²) in [5.41, 5.74) is -0.470. The molecule has 0 aliphatic rings. The number of halogens is 3. The number of carboxylic acids is 1. The minimum atomic E-state index is -4.45. The van der Waals surface area contributed by atoms with Crippen LogP contribution in [-0.2, 0) is 22.2 Å². The van der Waals surface area contributed by atoms with Gasteiger partial charge in [0.2, 0.25) is 5.91 Å². The third-order valence-electron chi connectivity index (χ3n) is 2.92. The lowest BCUT2D eigenvalue weighted by atomic mass is 10.0. The van der Waals surface area contributed by atoms with Gasteiger partial charge in [0.1, 0.15) is 0 Å². The average Bonchev–Trinajstić information content (AvgIpc) is 2.44. The van der Waals surface area contributed by atoms with Crippen molar-refractivity contribution in [2.24, 2.45) is 0 Å². The van der Waals surface area contributed by atoms with Crippen molar-refractivity contribution in [2.75, 3.05) is 0 Å². The number of alkyl halides is 3. The number of hydrogen-bond donors (Lipinski definition) is 1. The lowest BCUT2D eigenvalue weighted by Gasteiger charge is -2.20. The summed E-state index contributed by atoms with van der Waals surface area (Å²) in [5, 5.41) is 13.3. The van der Waals surface area contributed by atoms with Crippen molar-refractivity contribution in [3.8, 4) is 0 Å². The van der Waals surface area contributed by atoms with E-state index in [0.29, 0.717) is 12.0 Å². The Morgan fingerprint density at radius 1 is 1.27 bits per heavy atom. The summed E-state index contributed by atoms with van der Waals surface area (Å²) >= 11 is 0. The SMILES string of the molecule is C=CCCC(=O)NC(Cc1ccc(C(F)(F)F)cc1)C(=O)[O-]. The summed E-state index contributed by atoms with van der Waals surface area (Å²) in [5.74, 6) is -1.98. The molecule has 1 rings (SSSR count). The van der Waals surface area contributed by atoms with Gasteiger partial charge < -0.3 is 15.2 Å². The first-order valence-electron chi connectivity index (χ1n) is 6.51. The van der Waals surface area contributed by atoms with Gasteiger partial charge in [-0.2, -0.15) is 13.2 Å². The van der Waals surface area contributed by atoms with Gasteiger partial charge in [0.25, 0.3) is 0 Å². The second-order valence-electron chi connectivity index (χ2n) is 4.67. The van der Waals surface area contributed by atoms with Crippen LogP contribution in [0.25, 0.3) is 0 Å². The number of rotatable bonds is 7. The molecule has 0 radical (unpaired) electrons. The van der Waals surface area contributed by atoms with Gasteiger partial charge >= 0.3 is 6.18 Å². The minimum Gasteiger partial charge on any atom is -0.548 e. The second kappa shape index (κ2) is 7.63. The van der Waals surface area contributed by atoms with Crippen LogP contribution in [0.1, 0.15) is 24.0 Å². The van der Waals surface area contributed by atoms with Gasteiger partial charge in [-0.15, -0.1) is 6.58 Å². The maximum absolute atomic E-state index is 12.4. The van der Waals surface area contributed by atoms with Crippen LogP contribution in [0, 0.1) is 0 Å². The Hall–Kier alpha value is -2.31. The van der Waals surface area contributed by atoms with Crippen LogP contribution >= 0.6 is 0 Å². The van der Waals surface area contributed by atoms with Crippen LogP contribution in [-0.4, -0.2) is 17.9 Å². The van der Waals surface area contributed by atoms with Crippen molar-refractivity contribution in [3.05, 3.63) is 48.0 Å². The molecule has 1 atom stereocenters. The molecule has 120 valence electrons. The Bertz CT molecular complexity index is 538. The molecule has 1 amide bonds. The maximum atomic E-state index is 12.4. The average molecular weight is 314 g/mol. The highest BCUT2D eigenvalue weighted by molar-refractivity contribution is 5.82. The summed E-state index contributed by atoms with van der Waals surface area (Å²) in [7, 11) is 0. The Morgan fingerprint density at radius 2 is 1.86 bits per heavy atom. The van der Waals surface area contributed by atoms with E-state index in [4.69, 9.17) is 0 Å². The van der Waals surface area contributed by atoms with Crippen LogP contribution < -0.4 is 10.4 Å². The van der Waals surface area contributed by atoms with Gasteiger partial charge in [0.05, 0.1) is 17.6 Å². The number of nitrogens with one attached hydrogen (secondary N) is 1. The molecule has 0 spiro atoms. The zero-order chi connectivity index (χ0) is 16.8. The third kappa shape index (κ3) is 5.59. The van der Waals surface area contributed by atoms with Gasteiger partial charge in [0.15, 0.2) is 0 Å². The van der Waals surface area contributed by atoms with E-state index >= 15 is 0 Å². The first-order valence-corrected chi connectivity index (χ1v) is 6.51. The predicted molar refractivity (Wildman–Crippen MR) is 71.5 cm³/mol. The lowest BCUT2D eigenvalue weighted by molar-refractivity contribution is -0.308. The molecular weight excluding hydrogens is 299 g/mol. The molecule has 0 aliphatic heterocycles. The molecule has 7 heteroatoms. The van der Waals surface area contributed by atoms with E-state index < -0.39 is 29.7 Å². The number of carbonyl (C=O) groups is 2. The molecule has 22 heavy (non-hydrogen) atoms. The molecular formula is C15H15F3NO3-. The highest BCUT2D eigenvalue weighted by Gasteiger charge is 2.30. The molecule has 4 nitrogen and oxygen atoms in total. The van der Waals surface area contributed by atoms with E-state index in [1.54, 1.807) is 0 Å². The Kier molecular flexibility index (Phi) is 6.15. The van der Waals surface area contributed by atoms with E-state index in [9.17, 15) is 27.9 Å². The van der Waals surface area contributed by atoms with Gasteiger partial charge in [-0.05, 0) is 30.5 Å². The van der Waals surface area contributed by atoms with Crippen molar-refractivity contribution < 1.29 is 27.9 Å². The third-order valence-corrected chi connectivity index (χ3v) is 2.92. The van der Waals surface area contributed by atoms with E-state index in [1.165, 1.54) is 18.2 Å². The highest BCUT2D eigenvalue weighted by atomic mass is 19.4. The van der Waals surface area contributed by atoms with Crippen LogP contribution in [0.5, 0.6) is 0 Å². The molecule has 0 bridgehead atoms. The van der Waals surface area contributed by atoms with E-state index in [2.05, 4.69) is 11.9 Å². The van der Waals surface area contributed by atoms with E-state index in [0.717, 1.165) is 12.1 Å². The quantitative estimate of drug-likeness (QED) is 0.775. The Labute approximate surface area is 125 Å². The molecule has 0 saturated heterocycles. The molecule has 0 aromatic heterocycles. The van der Waals surface area contributed by atoms with Crippen LogP contribution in [0.15, 0.2) is 36.9 Å². The molecule has 1 unspecified atom stereocenters. The number of allylic oxidation sites excluding steroid dienone is 1. The number of hydrogen-bond acceptors (Lipinski definition) is 3. The minimum absolute atomic E-state index is 0.0836. The van der Waals surface area contributed by atoms with E-state index in [1.807, 2.05) is 0 Å². The van der Waals surface area contributed by atoms with Crippen LogP contribution in [0.3, 0.4) is 0 Å². The molecule has 0 fully saturated rings. The first kappa shape index (κ1) is 17.7. The highest BCUT2D eigenvalue weighted by Crippen LogP contribution is 2.29. The van der Waals surface area contributed by atoms with Gasteiger partial charge in [-0.25, -0.2) is 0 Å². The molecule has 1 aromatic carbocycles. The fraction of sp³-hybridized carbons (Fsp3) is 0.333. The smallest absolute Gasteiger partial charge is 0.416 e. The number of benzene rings is 1. The zero-order valence-corrected chi connectivity index (χ0v) is 11.7. The number of amides is 1. The van der Waals surface area contributed by atoms with Crippen molar-refractivity contribution in [2.45, 2.75) is 31.5 Å². The predicted octanol–water partition coefficient (Wildman–Crippen LogP) is 1.45. The summed E-state index contributed by atoms with van der Waals surface area (Å²) < 4.78 is 37.3. The monoisotopic (exact) mass is 314 g/mol. The first-order chi connectivity index (χ1) is 10.2. The van der Waals surface area contributed by atoms with Crippen LogP contribution in [0.4, 0.5) is 13.2 Å². The summed E-state index contributed by atoms with van der Waals surface area (Å²) in [6.45, 7) is 3.44. The summed E-state index contributed by atoms with van der Waals surface area (Å²) in [6, 6.07) is 2.78. The largest absolute Gasteiger partial charge is 0.548 e. The lowest BCUT2D eigenvalue weighted by Crippen LogP contribution is -2.49. The Balaban J connectivity index is 2.73. The van der Waals surface area contributed by atoms with Crippen molar-refractivity contribution in [1.29, 1.82) is 0 Å². The van der Waals surface area contributed by atoms with Crippen molar-refractivity contribution in [3.63, 3.8) is 0 Å². The Morgan fingerprint density at radius 3 is 2.32 bits per heavy atom. The van der Waals surface area contributed by atoms with Crippen LogP contribution in [0.2, 0.25) is 0 Å². The second-order valence-corrected chi connectivity index (χ2v) is 4.67. The molecule has 0 heterocycles. The fourth-order valence-electron chi connectivity index (χ4n) is 1.76.